The average molecular weight is 380 g/mol. The van der Waals surface area contributed by atoms with Gasteiger partial charge in [0.25, 0.3) is 0 Å². The van der Waals surface area contributed by atoms with Gasteiger partial charge in [0.15, 0.2) is 0 Å². The van der Waals surface area contributed by atoms with Crippen molar-refractivity contribution in [2.24, 2.45) is 5.41 Å². The summed E-state index contributed by atoms with van der Waals surface area (Å²) in [6.45, 7) is 5.11. The van der Waals surface area contributed by atoms with E-state index < -0.39 is 16.1 Å². The van der Waals surface area contributed by atoms with Crippen molar-refractivity contribution in [3.05, 3.63) is 30.3 Å². The van der Waals surface area contributed by atoms with Crippen LogP contribution in [0.2, 0.25) is 0 Å². The molecule has 2 N–H and O–H groups in total. The lowest BCUT2D eigenvalue weighted by Gasteiger charge is -2.37. The zero-order chi connectivity index (χ0) is 18.6. The molecule has 2 fully saturated rings. The SMILES string of the molecule is CC1(CNC(=O)C2CCCCN2S(=O)(=O)c2ccccc2)CCNCC1. The summed E-state index contributed by atoms with van der Waals surface area (Å²) in [6.07, 6.45) is 4.28. The van der Waals surface area contributed by atoms with Crippen molar-refractivity contribution in [2.45, 2.75) is 50.0 Å². The molecule has 1 aromatic rings. The predicted molar refractivity (Wildman–Crippen MR) is 101 cm³/mol. The van der Waals surface area contributed by atoms with Crippen LogP contribution >= 0.6 is 0 Å². The van der Waals surface area contributed by atoms with E-state index in [1.807, 2.05) is 0 Å². The van der Waals surface area contributed by atoms with Gasteiger partial charge in [-0.25, -0.2) is 8.42 Å². The monoisotopic (exact) mass is 379 g/mol. The average Bonchev–Trinajstić information content (AvgIpc) is 2.67. The second-order valence-electron chi connectivity index (χ2n) is 7.72. The number of hydrogen-bond acceptors (Lipinski definition) is 4. The van der Waals surface area contributed by atoms with E-state index in [-0.39, 0.29) is 16.2 Å². The maximum absolute atomic E-state index is 13.0. The highest BCUT2D eigenvalue weighted by molar-refractivity contribution is 7.89. The Morgan fingerprint density at radius 3 is 2.62 bits per heavy atom. The first-order valence-electron chi connectivity index (χ1n) is 9.48. The van der Waals surface area contributed by atoms with Crippen LogP contribution in [0.15, 0.2) is 35.2 Å². The number of amides is 1. The molecule has 0 bridgehead atoms. The summed E-state index contributed by atoms with van der Waals surface area (Å²) in [7, 11) is -3.65. The van der Waals surface area contributed by atoms with Crippen LogP contribution in [0, 0.1) is 5.41 Å². The fourth-order valence-electron chi connectivity index (χ4n) is 3.81. The van der Waals surface area contributed by atoms with E-state index in [0.717, 1.165) is 38.8 Å². The summed E-state index contributed by atoms with van der Waals surface area (Å²) in [5, 5.41) is 6.38. The Kier molecular flexibility index (Phi) is 5.99. The third kappa shape index (κ3) is 4.27. The van der Waals surface area contributed by atoms with Crippen molar-refractivity contribution >= 4 is 15.9 Å². The Balaban J connectivity index is 1.71. The van der Waals surface area contributed by atoms with Gasteiger partial charge < -0.3 is 10.6 Å². The molecule has 0 aliphatic carbocycles. The van der Waals surface area contributed by atoms with E-state index in [9.17, 15) is 13.2 Å². The van der Waals surface area contributed by atoms with Crippen molar-refractivity contribution in [2.75, 3.05) is 26.2 Å². The lowest BCUT2D eigenvalue weighted by atomic mass is 9.81. The molecule has 0 radical (unpaired) electrons. The molecule has 2 heterocycles. The second kappa shape index (κ2) is 8.06. The van der Waals surface area contributed by atoms with Crippen LogP contribution in [-0.4, -0.2) is 50.9 Å². The van der Waals surface area contributed by atoms with E-state index in [1.54, 1.807) is 30.3 Å². The van der Waals surface area contributed by atoms with Gasteiger partial charge >= 0.3 is 0 Å². The van der Waals surface area contributed by atoms with Gasteiger partial charge in [-0.15, -0.1) is 0 Å². The molecular weight excluding hydrogens is 350 g/mol. The Morgan fingerprint density at radius 1 is 1.23 bits per heavy atom. The zero-order valence-electron chi connectivity index (χ0n) is 15.4. The standard InChI is InChI=1S/C19H29N3O3S/c1-19(10-12-20-13-11-19)15-21-18(23)17-9-5-6-14-22(17)26(24,25)16-7-3-2-4-8-16/h2-4,7-8,17,20H,5-6,9-15H2,1H3,(H,21,23). The van der Waals surface area contributed by atoms with Crippen LogP contribution in [0.5, 0.6) is 0 Å². The molecule has 0 saturated carbocycles. The molecule has 2 aliphatic rings. The minimum atomic E-state index is -3.65. The Hall–Kier alpha value is -1.44. The van der Waals surface area contributed by atoms with Crippen molar-refractivity contribution in [3.63, 3.8) is 0 Å². The highest BCUT2D eigenvalue weighted by Crippen LogP contribution is 2.28. The maximum Gasteiger partial charge on any atom is 0.243 e. The van der Waals surface area contributed by atoms with Gasteiger partial charge in [0.05, 0.1) is 4.90 Å². The van der Waals surface area contributed by atoms with Crippen LogP contribution in [-0.2, 0) is 14.8 Å². The highest BCUT2D eigenvalue weighted by Gasteiger charge is 2.38. The fourth-order valence-corrected chi connectivity index (χ4v) is 5.49. The molecule has 6 nitrogen and oxygen atoms in total. The Labute approximate surface area is 156 Å². The van der Waals surface area contributed by atoms with Gasteiger partial charge in [-0.05, 0) is 56.3 Å². The number of benzene rings is 1. The molecule has 26 heavy (non-hydrogen) atoms. The first-order chi connectivity index (χ1) is 12.4. The molecule has 3 rings (SSSR count). The third-order valence-corrected chi connectivity index (χ3v) is 7.53. The Morgan fingerprint density at radius 2 is 1.92 bits per heavy atom. The minimum Gasteiger partial charge on any atom is -0.354 e. The van der Waals surface area contributed by atoms with Crippen LogP contribution in [0.25, 0.3) is 0 Å². The first kappa shape index (κ1) is 19.3. The minimum absolute atomic E-state index is 0.0821. The summed E-state index contributed by atoms with van der Waals surface area (Å²) in [4.78, 5) is 13.1. The lowest BCUT2D eigenvalue weighted by molar-refractivity contribution is -0.126. The van der Waals surface area contributed by atoms with Gasteiger partial charge in [0.1, 0.15) is 6.04 Å². The van der Waals surface area contributed by atoms with Gasteiger partial charge in [-0.3, -0.25) is 4.79 Å². The van der Waals surface area contributed by atoms with Crippen LogP contribution < -0.4 is 10.6 Å². The summed E-state index contributed by atoms with van der Waals surface area (Å²) in [5.41, 5.74) is 0.0821. The largest absolute Gasteiger partial charge is 0.354 e. The highest BCUT2D eigenvalue weighted by atomic mass is 32.2. The molecule has 0 spiro atoms. The number of nitrogens with one attached hydrogen (secondary N) is 2. The fraction of sp³-hybridized carbons (Fsp3) is 0.632. The van der Waals surface area contributed by atoms with Crippen molar-refractivity contribution in [1.82, 2.24) is 14.9 Å². The van der Waals surface area contributed by atoms with E-state index in [1.165, 1.54) is 4.31 Å². The molecule has 7 heteroatoms. The molecule has 1 aromatic carbocycles. The molecular formula is C19H29N3O3S. The summed E-state index contributed by atoms with van der Waals surface area (Å²) in [6, 6.07) is 7.79. The number of carbonyl (C=O) groups is 1. The van der Waals surface area contributed by atoms with E-state index in [2.05, 4.69) is 17.6 Å². The lowest BCUT2D eigenvalue weighted by Crippen LogP contribution is -2.53. The van der Waals surface area contributed by atoms with Crippen LogP contribution in [0.4, 0.5) is 0 Å². The molecule has 2 aliphatic heterocycles. The van der Waals surface area contributed by atoms with Gasteiger partial charge in [0, 0.05) is 13.1 Å². The topological polar surface area (TPSA) is 78.5 Å². The number of hydrogen-bond donors (Lipinski definition) is 2. The number of nitrogens with zero attached hydrogens (tertiary/aromatic N) is 1. The molecule has 0 aromatic heterocycles. The van der Waals surface area contributed by atoms with E-state index in [0.29, 0.717) is 19.5 Å². The molecule has 2 saturated heterocycles. The van der Waals surface area contributed by atoms with E-state index >= 15 is 0 Å². The number of sulfonamides is 1. The summed E-state index contributed by atoms with van der Waals surface area (Å²) in [5.74, 6) is -0.163. The molecule has 144 valence electrons. The zero-order valence-corrected chi connectivity index (χ0v) is 16.2. The van der Waals surface area contributed by atoms with Gasteiger partial charge in [-0.1, -0.05) is 31.5 Å². The first-order valence-corrected chi connectivity index (χ1v) is 10.9. The third-order valence-electron chi connectivity index (χ3n) is 5.61. The van der Waals surface area contributed by atoms with Crippen molar-refractivity contribution < 1.29 is 13.2 Å². The normalized spacial score (nSPS) is 24.1. The van der Waals surface area contributed by atoms with Crippen molar-refractivity contribution in [3.8, 4) is 0 Å². The number of carbonyl (C=O) groups excluding carboxylic acids is 1. The number of rotatable bonds is 5. The van der Waals surface area contributed by atoms with Gasteiger partial charge in [0.2, 0.25) is 15.9 Å². The molecule has 1 atom stereocenters. The van der Waals surface area contributed by atoms with Crippen molar-refractivity contribution in [1.29, 1.82) is 0 Å². The summed E-state index contributed by atoms with van der Waals surface area (Å²) >= 11 is 0. The molecule has 1 amide bonds. The Bertz CT molecular complexity index is 715. The van der Waals surface area contributed by atoms with E-state index in [4.69, 9.17) is 0 Å². The number of piperidine rings is 2. The van der Waals surface area contributed by atoms with Gasteiger partial charge in [-0.2, -0.15) is 4.31 Å². The second-order valence-corrected chi connectivity index (χ2v) is 9.61. The smallest absolute Gasteiger partial charge is 0.243 e. The predicted octanol–water partition coefficient (Wildman–Crippen LogP) is 1.74. The molecule has 1 unspecified atom stereocenters. The quantitative estimate of drug-likeness (QED) is 0.817. The van der Waals surface area contributed by atoms with Crippen LogP contribution in [0.3, 0.4) is 0 Å². The summed E-state index contributed by atoms with van der Waals surface area (Å²) < 4.78 is 27.4. The maximum atomic E-state index is 13.0. The van der Waals surface area contributed by atoms with Crippen LogP contribution in [0.1, 0.15) is 39.0 Å².